The average Bonchev–Trinajstić information content (AvgIpc) is 3.63. The second-order valence-electron chi connectivity index (χ2n) is 14.3. The van der Waals surface area contributed by atoms with Gasteiger partial charge in [0.25, 0.3) is 0 Å². The van der Waals surface area contributed by atoms with E-state index in [4.69, 9.17) is 19.9 Å². The predicted molar refractivity (Wildman–Crippen MR) is 235 cm³/mol. The Morgan fingerprint density at radius 2 is 0.672 bits per heavy atom. The summed E-state index contributed by atoms with van der Waals surface area (Å²) < 4.78 is 2.27. The average molecular weight is 743 g/mol. The summed E-state index contributed by atoms with van der Waals surface area (Å²) in [5.74, 6) is 2.54. The first kappa shape index (κ1) is 33.4. The molecule has 8 aromatic carbocycles. The van der Waals surface area contributed by atoms with Gasteiger partial charge in [-0.05, 0) is 58.7 Å². The van der Waals surface area contributed by atoms with Gasteiger partial charge in [-0.1, -0.05) is 170 Å². The Bertz CT molecular complexity index is 3000. The van der Waals surface area contributed by atoms with Crippen LogP contribution in [-0.4, -0.2) is 24.5 Å². The number of rotatable bonds is 6. The number of imidazole rings is 1. The molecule has 272 valence electrons. The SMILES string of the molecule is c1ccc(-c2ccc(-c3nc(-c4ccc(-c5ccccc5)cc4)nc(-c4ccccc4N4c5ccccc5-c5ccccc5-n5c4nc4ccccc45)n3)cc2)cc1. The fraction of sp³-hybridized carbons (Fsp3) is 0. The minimum absolute atomic E-state index is 0.566. The summed E-state index contributed by atoms with van der Waals surface area (Å²) in [6.45, 7) is 0. The molecule has 0 atom stereocenters. The molecule has 58 heavy (non-hydrogen) atoms. The van der Waals surface area contributed by atoms with Gasteiger partial charge < -0.3 is 0 Å². The van der Waals surface area contributed by atoms with Crippen molar-refractivity contribution in [2.24, 2.45) is 0 Å². The molecule has 0 amide bonds. The Morgan fingerprint density at radius 3 is 1.26 bits per heavy atom. The molecule has 0 unspecified atom stereocenters. The molecule has 0 bridgehead atoms. The second kappa shape index (κ2) is 14.0. The van der Waals surface area contributed by atoms with Crippen molar-refractivity contribution in [3.63, 3.8) is 0 Å². The maximum Gasteiger partial charge on any atom is 0.220 e. The van der Waals surface area contributed by atoms with Crippen LogP contribution in [0.4, 0.5) is 17.3 Å². The van der Waals surface area contributed by atoms with Gasteiger partial charge in [0.2, 0.25) is 5.95 Å². The smallest absolute Gasteiger partial charge is 0.220 e. The number of anilines is 3. The van der Waals surface area contributed by atoms with Crippen molar-refractivity contribution in [3.8, 4) is 73.2 Å². The zero-order valence-corrected chi connectivity index (χ0v) is 31.3. The topological polar surface area (TPSA) is 59.7 Å². The lowest BCUT2D eigenvalue weighted by Crippen LogP contribution is -2.15. The molecule has 0 aliphatic carbocycles. The van der Waals surface area contributed by atoms with E-state index in [2.05, 4.69) is 191 Å². The van der Waals surface area contributed by atoms with E-state index in [1.54, 1.807) is 0 Å². The molecule has 0 saturated heterocycles. The lowest BCUT2D eigenvalue weighted by molar-refractivity contribution is 1.04. The zero-order valence-electron chi connectivity index (χ0n) is 31.3. The van der Waals surface area contributed by atoms with Gasteiger partial charge in [0.1, 0.15) is 0 Å². The molecule has 6 nitrogen and oxygen atoms in total. The zero-order chi connectivity index (χ0) is 38.4. The number of aromatic nitrogens is 5. The van der Waals surface area contributed by atoms with Crippen LogP contribution in [-0.2, 0) is 0 Å². The molecular formula is C52H34N6. The van der Waals surface area contributed by atoms with E-state index in [-0.39, 0.29) is 0 Å². The van der Waals surface area contributed by atoms with Crippen molar-refractivity contribution in [2.45, 2.75) is 0 Å². The molecule has 0 fully saturated rings. The monoisotopic (exact) mass is 742 g/mol. The Labute approximate surface area is 336 Å². The van der Waals surface area contributed by atoms with Crippen LogP contribution in [0.5, 0.6) is 0 Å². The van der Waals surface area contributed by atoms with Gasteiger partial charge in [0, 0.05) is 27.8 Å². The number of hydrogen-bond acceptors (Lipinski definition) is 5. The Balaban J connectivity index is 1.12. The summed E-state index contributed by atoms with van der Waals surface area (Å²) in [6, 6.07) is 71.5. The minimum atomic E-state index is 0.566. The van der Waals surface area contributed by atoms with E-state index < -0.39 is 0 Å². The van der Waals surface area contributed by atoms with Gasteiger partial charge >= 0.3 is 0 Å². The highest BCUT2D eigenvalue weighted by Gasteiger charge is 2.31. The molecule has 0 spiro atoms. The number of nitrogens with zero attached hydrogens (tertiary/aromatic N) is 6. The van der Waals surface area contributed by atoms with E-state index in [9.17, 15) is 0 Å². The van der Waals surface area contributed by atoms with Crippen molar-refractivity contribution in [1.29, 1.82) is 0 Å². The van der Waals surface area contributed by atoms with Gasteiger partial charge in [-0.2, -0.15) is 0 Å². The van der Waals surface area contributed by atoms with Gasteiger partial charge in [-0.3, -0.25) is 9.47 Å². The third-order valence-corrected chi connectivity index (χ3v) is 10.8. The van der Waals surface area contributed by atoms with Crippen molar-refractivity contribution < 1.29 is 0 Å². The molecule has 1 aliphatic rings. The number of benzene rings is 8. The van der Waals surface area contributed by atoms with Crippen molar-refractivity contribution in [3.05, 3.63) is 206 Å². The third kappa shape index (κ3) is 5.74. The first-order chi connectivity index (χ1) is 28.8. The first-order valence-corrected chi connectivity index (χ1v) is 19.4. The Morgan fingerprint density at radius 1 is 0.276 bits per heavy atom. The van der Waals surface area contributed by atoms with Gasteiger partial charge in [0.15, 0.2) is 17.5 Å². The van der Waals surface area contributed by atoms with E-state index in [1.807, 2.05) is 24.3 Å². The number of para-hydroxylation sites is 5. The quantitative estimate of drug-likeness (QED) is 0.170. The minimum Gasteiger partial charge on any atom is -0.279 e. The molecule has 0 saturated carbocycles. The summed E-state index contributed by atoms with van der Waals surface area (Å²) in [4.78, 5) is 23.3. The molecule has 1 aliphatic heterocycles. The summed E-state index contributed by atoms with van der Waals surface area (Å²) in [7, 11) is 0. The summed E-state index contributed by atoms with van der Waals surface area (Å²) in [5.41, 5.74) is 14.4. The Hall–Kier alpha value is -7.96. The van der Waals surface area contributed by atoms with Crippen molar-refractivity contribution >= 4 is 28.4 Å². The van der Waals surface area contributed by atoms with E-state index in [0.717, 1.165) is 84.1 Å². The highest BCUT2D eigenvalue weighted by Crippen LogP contribution is 2.49. The summed E-state index contributed by atoms with van der Waals surface area (Å²) in [5, 5.41) is 0. The molecule has 6 heteroatoms. The maximum absolute atomic E-state index is 5.34. The molecule has 0 N–H and O–H groups in total. The normalized spacial score (nSPS) is 11.8. The van der Waals surface area contributed by atoms with Gasteiger partial charge in [0.05, 0.1) is 28.1 Å². The van der Waals surface area contributed by atoms with E-state index >= 15 is 0 Å². The standard InChI is InChI=1S/C52H34N6/c1-3-15-35(16-4-1)37-27-31-39(32-28-37)49-54-50(40-33-29-38(30-34-40)36-17-5-2-6-18-36)56-51(55-49)43-21-9-13-25-47(43)57-45-23-11-7-19-41(45)42-20-8-12-24-46(42)58-48-26-14-10-22-44(48)53-52(57)58/h1-34H. The molecule has 3 heterocycles. The largest absolute Gasteiger partial charge is 0.279 e. The van der Waals surface area contributed by atoms with Crippen LogP contribution >= 0.6 is 0 Å². The predicted octanol–water partition coefficient (Wildman–Crippen LogP) is 13.0. The fourth-order valence-corrected chi connectivity index (χ4v) is 8.04. The summed E-state index contributed by atoms with van der Waals surface area (Å²) in [6.07, 6.45) is 0. The first-order valence-electron chi connectivity index (χ1n) is 19.4. The number of fused-ring (bicyclic) bond motifs is 7. The van der Waals surface area contributed by atoms with E-state index in [0.29, 0.717) is 17.5 Å². The molecule has 11 rings (SSSR count). The van der Waals surface area contributed by atoms with Crippen LogP contribution in [0.15, 0.2) is 206 Å². The lowest BCUT2D eigenvalue weighted by Gasteiger charge is -2.26. The van der Waals surface area contributed by atoms with Gasteiger partial charge in [-0.25, -0.2) is 19.9 Å². The third-order valence-electron chi connectivity index (χ3n) is 10.8. The summed E-state index contributed by atoms with van der Waals surface area (Å²) >= 11 is 0. The van der Waals surface area contributed by atoms with Crippen molar-refractivity contribution in [1.82, 2.24) is 24.5 Å². The van der Waals surface area contributed by atoms with E-state index in [1.165, 1.54) is 0 Å². The van der Waals surface area contributed by atoms with Crippen LogP contribution in [0.1, 0.15) is 0 Å². The van der Waals surface area contributed by atoms with Crippen LogP contribution in [0.25, 0.3) is 84.3 Å². The van der Waals surface area contributed by atoms with Crippen molar-refractivity contribution in [2.75, 3.05) is 4.90 Å². The molecular weight excluding hydrogens is 709 g/mol. The lowest BCUT2D eigenvalue weighted by atomic mass is 10.0. The highest BCUT2D eigenvalue weighted by molar-refractivity contribution is 5.98. The Kier molecular flexibility index (Phi) is 8.04. The molecule has 10 aromatic rings. The second-order valence-corrected chi connectivity index (χ2v) is 14.3. The van der Waals surface area contributed by atoms with Crippen LogP contribution < -0.4 is 4.90 Å². The van der Waals surface area contributed by atoms with Crippen LogP contribution in [0.2, 0.25) is 0 Å². The molecule has 2 aromatic heterocycles. The highest BCUT2D eigenvalue weighted by atomic mass is 15.3. The van der Waals surface area contributed by atoms with Crippen LogP contribution in [0.3, 0.4) is 0 Å². The van der Waals surface area contributed by atoms with Crippen LogP contribution in [0, 0.1) is 0 Å². The molecule has 0 radical (unpaired) electrons. The maximum atomic E-state index is 5.34. The fourth-order valence-electron chi connectivity index (χ4n) is 8.04. The number of hydrogen-bond donors (Lipinski definition) is 0. The van der Waals surface area contributed by atoms with Gasteiger partial charge in [-0.15, -0.1) is 0 Å².